The molecule has 0 radical (unpaired) electrons. The first kappa shape index (κ1) is 55.5. The Morgan fingerprint density at radius 1 is 0.822 bits per heavy atom. The number of nitrogens with one attached hydrogen (secondary N) is 3. The smallest absolute Gasteiger partial charge is 0.407 e. The summed E-state index contributed by atoms with van der Waals surface area (Å²) in [5, 5.41) is 26.6. The van der Waals surface area contributed by atoms with Crippen LogP contribution in [0.2, 0.25) is 10.0 Å². The number of amides is 2. The Labute approximate surface area is 436 Å². The fraction of sp³-hybridized carbons (Fsp3) is 0.460. The number of nitrogens with two attached hydrogens (primary N) is 1. The number of benzene rings is 2. The number of carbonyl (C=O) groups excluding carboxylic acids is 3. The van der Waals surface area contributed by atoms with E-state index in [9.17, 15) is 38.5 Å². The van der Waals surface area contributed by atoms with Crippen LogP contribution in [0.4, 0.5) is 35.7 Å². The molecule has 2 aromatic carbocycles. The lowest BCUT2D eigenvalue weighted by Gasteiger charge is -2.35. The van der Waals surface area contributed by atoms with Gasteiger partial charge in [0.25, 0.3) is 5.56 Å². The Morgan fingerprint density at radius 3 is 1.74 bits per heavy atom. The van der Waals surface area contributed by atoms with Crippen LogP contribution in [0, 0.1) is 39.1 Å². The number of anilines is 3. The Kier molecular flexibility index (Phi) is 17.4. The van der Waals surface area contributed by atoms with Crippen LogP contribution < -0.4 is 31.7 Å². The highest BCUT2D eigenvalue weighted by molar-refractivity contribution is 7.71. The molecule has 0 bridgehead atoms. The van der Waals surface area contributed by atoms with Gasteiger partial charge in [-0.15, -0.1) is 0 Å². The molecule has 2 fully saturated rings. The lowest BCUT2D eigenvalue weighted by molar-refractivity contribution is 0.0488. The summed E-state index contributed by atoms with van der Waals surface area (Å²) in [6.45, 7) is 14.4. The summed E-state index contributed by atoms with van der Waals surface area (Å²) in [5.74, 6) is -0.805. The van der Waals surface area contributed by atoms with Gasteiger partial charge in [0.1, 0.15) is 63.3 Å². The van der Waals surface area contributed by atoms with E-state index in [4.69, 9.17) is 55.4 Å². The topological polar surface area (TPSA) is 231 Å². The van der Waals surface area contributed by atoms with E-state index < -0.39 is 46.6 Å². The first-order valence-corrected chi connectivity index (χ1v) is 24.7. The van der Waals surface area contributed by atoms with E-state index in [1.165, 1.54) is 41.0 Å². The SMILES string of the molecule is CCOC(=O)c1c(N)c(C#N)c(N2CCC[C@@H](NC(=O)OC(C)(C)C)C2)n1Cc1cc(F)ccc1Cl.Cn1c(=S)[nH]c2c(C#N)c(N3CCC[C@@H](NC(=O)OC(C)(C)C)C3)n(Cc3cc(F)ccc3Cl)c2c1=O. The second-order valence-corrected chi connectivity index (χ2v) is 20.8. The van der Waals surface area contributed by atoms with Gasteiger partial charge < -0.3 is 54.5 Å². The summed E-state index contributed by atoms with van der Waals surface area (Å²) < 4.78 is 48.8. The third-order valence-corrected chi connectivity index (χ3v) is 12.9. The number of nitriles is 2. The van der Waals surface area contributed by atoms with Crippen LogP contribution in [0.5, 0.6) is 0 Å². The number of rotatable bonds is 10. The van der Waals surface area contributed by atoms with Crippen molar-refractivity contribution in [3.8, 4) is 12.1 Å². The van der Waals surface area contributed by atoms with Gasteiger partial charge in [-0.3, -0.25) is 9.36 Å². The van der Waals surface area contributed by atoms with Crippen molar-refractivity contribution in [1.29, 1.82) is 10.5 Å². The maximum Gasteiger partial charge on any atom is 0.407 e. The molecule has 2 saturated heterocycles. The van der Waals surface area contributed by atoms with Gasteiger partial charge in [-0.05, 0) is 134 Å². The van der Waals surface area contributed by atoms with E-state index in [0.29, 0.717) is 77.3 Å². The van der Waals surface area contributed by atoms with Crippen LogP contribution in [0.25, 0.3) is 11.0 Å². The number of hydrogen-bond donors (Lipinski definition) is 4. The zero-order chi connectivity index (χ0) is 53.7. The maximum atomic E-state index is 14.1. The number of esters is 1. The van der Waals surface area contributed by atoms with Crippen molar-refractivity contribution in [2.75, 3.05) is 48.3 Å². The van der Waals surface area contributed by atoms with Gasteiger partial charge in [0, 0.05) is 55.4 Å². The molecule has 5 aromatic rings. The molecule has 2 aliphatic rings. The molecule has 7 rings (SSSR count). The lowest BCUT2D eigenvalue weighted by atomic mass is 10.1. The summed E-state index contributed by atoms with van der Waals surface area (Å²) in [6.07, 6.45) is 1.79. The van der Waals surface area contributed by atoms with Crippen molar-refractivity contribution < 1.29 is 37.4 Å². The number of aromatic amines is 1. The number of H-pyrrole nitrogens is 1. The normalized spacial score (nSPS) is 15.9. The standard InChI is InChI=1S/C25H28ClFN6O3S.C25H31ClFN5O4/c1-25(2,3)36-24(35)29-16-6-5-9-32(13-16)21-17(11-28)19-20(22(34)31(4)23(37)30-19)33(21)12-14-10-15(27)7-8-18(14)26;1-5-35-23(33)21-20(29)18(12-28)22(32(21)13-15-11-16(27)8-9-19(15)26)31-10-6-7-17(14-31)30-24(34)36-25(2,3)4/h7-8,10,16H,5-6,9,12-13H2,1-4H3,(H,29,35)(H,30,37);8-9,11,17H,5-7,10,13-14,29H2,1-4H3,(H,30,34)/t16-;17-/m11/s1. The predicted molar refractivity (Wildman–Crippen MR) is 277 cm³/mol. The van der Waals surface area contributed by atoms with Gasteiger partial charge in [-0.2, -0.15) is 10.5 Å². The van der Waals surface area contributed by atoms with Crippen LogP contribution in [-0.2, 0) is 34.3 Å². The van der Waals surface area contributed by atoms with Crippen LogP contribution in [0.3, 0.4) is 0 Å². The molecule has 2 atom stereocenters. The number of hydrogen-bond acceptors (Lipinski definition) is 13. The summed E-state index contributed by atoms with van der Waals surface area (Å²) in [6, 6.07) is 11.8. The zero-order valence-electron chi connectivity index (χ0n) is 41.9. The molecule has 2 amide bonds. The largest absolute Gasteiger partial charge is 0.461 e. The molecule has 2 aliphatic heterocycles. The lowest BCUT2D eigenvalue weighted by Crippen LogP contribution is -2.49. The number of alkyl carbamates (subject to hydrolysis) is 2. The van der Waals surface area contributed by atoms with Crippen molar-refractivity contribution >= 4 is 81.9 Å². The Balaban J connectivity index is 0.000000238. The molecule has 0 aliphatic carbocycles. The monoisotopic (exact) mass is 1070 g/mol. The number of fused-ring (bicyclic) bond motifs is 1. The molecule has 5 N–H and O–H groups in total. The summed E-state index contributed by atoms with van der Waals surface area (Å²) in [5.41, 5.74) is 6.31. The molecule has 390 valence electrons. The summed E-state index contributed by atoms with van der Waals surface area (Å²) in [4.78, 5) is 57.9. The third-order valence-electron chi connectivity index (χ3n) is 11.8. The number of aromatic nitrogens is 4. The Hall–Kier alpha value is -6.81. The van der Waals surface area contributed by atoms with Crippen molar-refractivity contribution in [1.82, 2.24) is 29.3 Å². The fourth-order valence-corrected chi connectivity index (χ4v) is 9.35. The number of carbonyl (C=O) groups is 3. The second-order valence-electron chi connectivity index (χ2n) is 19.6. The zero-order valence-corrected chi connectivity index (χ0v) is 44.2. The van der Waals surface area contributed by atoms with Crippen molar-refractivity contribution in [3.05, 3.63) is 101 Å². The molecule has 3 aromatic heterocycles. The molecule has 23 heteroatoms. The number of piperidine rings is 2. The average molecular weight is 1070 g/mol. The summed E-state index contributed by atoms with van der Waals surface area (Å²) in [7, 11) is 1.54. The number of ether oxygens (including phenoxy) is 3. The van der Waals surface area contributed by atoms with Gasteiger partial charge in [0.05, 0.1) is 30.9 Å². The van der Waals surface area contributed by atoms with Gasteiger partial charge in [-0.25, -0.2) is 23.2 Å². The number of halogens is 4. The van der Waals surface area contributed by atoms with Crippen LogP contribution in [0.15, 0.2) is 41.2 Å². The van der Waals surface area contributed by atoms with Crippen LogP contribution in [-0.4, -0.2) is 92.9 Å². The highest BCUT2D eigenvalue weighted by Gasteiger charge is 2.34. The van der Waals surface area contributed by atoms with Gasteiger partial charge in [0.15, 0.2) is 10.5 Å². The minimum atomic E-state index is -0.703. The van der Waals surface area contributed by atoms with E-state index in [2.05, 4.69) is 27.8 Å². The highest BCUT2D eigenvalue weighted by Crippen LogP contribution is 2.37. The van der Waals surface area contributed by atoms with Gasteiger partial charge in [0.2, 0.25) is 0 Å². The first-order chi connectivity index (χ1) is 34.3. The number of nitrogen functional groups attached to an aromatic ring is 1. The van der Waals surface area contributed by atoms with E-state index in [-0.39, 0.29) is 64.6 Å². The van der Waals surface area contributed by atoms with Crippen LogP contribution in [0.1, 0.15) is 107 Å². The molecule has 0 unspecified atom stereocenters. The van der Waals surface area contributed by atoms with Crippen LogP contribution >= 0.6 is 35.4 Å². The molecule has 5 heterocycles. The fourth-order valence-electron chi connectivity index (χ4n) is 8.81. The molecular formula is C50H59Cl2F2N11O7S. The molecule has 18 nitrogen and oxygen atoms in total. The van der Waals surface area contributed by atoms with Gasteiger partial charge >= 0.3 is 18.2 Å². The second kappa shape index (κ2) is 22.9. The Bertz CT molecular complexity index is 3130. The maximum absolute atomic E-state index is 14.1. The first-order valence-electron chi connectivity index (χ1n) is 23.6. The van der Waals surface area contributed by atoms with E-state index in [0.717, 1.165) is 12.8 Å². The minimum Gasteiger partial charge on any atom is -0.461 e. The molecule has 0 spiro atoms. The number of nitrogens with zero attached hydrogens (tertiary/aromatic N) is 7. The molecule has 0 saturated carbocycles. The average Bonchev–Trinajstić information content (AvgIpc) is 3.76. The van der Waals surface area contributed by atoms with Crippen molar-refractivity contribution in [3.63, 3.8) is 0 Å². The van der Waals surface area contributed by atoms with E-state index in [1.54, 1.807) is 64.6 Å². The predicted octanol–water partition coefficient (Wildman–Crippen LogP) is 9.06. The molecular weight excluding hydrogens is 1010 g/mol. The quantitative estimate of drug-likeness (QED) is 0.0582. The molecule has 73 heavy (non-hydrogen) atoms. The van der Waals surface area contributed by atoms with Gasteiger partial charge in [-0.1, -0.05) is 23.2 Å². The summed E-state index contributed by atoms with van der Waals surface area (Å²) >= 11 is 18.0. The van der Waals surface area contributed by atoms with Crippen molar-refractivity contribution in [2.45, 2.75) is 111 Å². The van der Waals surface area contributed by atoms with E-state index in [1.807, 2.05) is 9.80 Å². The minimum absolute atomic E-state index is 0.00838. The van der Waals surface area contributed by atoms with Crippen molar-refractivity contribution in [2.24, 2.45) is 7.05 Å². The third kappa shape index (κ3) is 13.2. The highest BCUT2D eigenvalue weighted by atomic mass is 35.5. The Morgan fingerprint density at radius 2 is 1.29 bits per heavy atom. The van der Waals surface area contributed by atoms with E-state index >= 15 is 0 Å².